The van der Waals surface area contributed by atoms with E-state index in [1.807, 2.05) is 24.3 Å². The Labute approximate surface area is 205 Å². The van der Waals surface area contributed by atoms with E-state index in [4.69, 9.17) is 4.74 Å². The molecule has 182 valence electrons. The van der Waals surface area contributed by atoms with E-state index in [-0.39, 0.29) is 35.9 Å². The van der Waals surface area contributed by atoms with Crippen LogP contribution in [0.4, 0.5) is 0 Å². The number of carbonyl (C=O) groups excluding carboxylic acids is 4. The lowest BCUT2D eigenvalue weighted by molar-refractivity contribution is -0.136. The minimum atomic E-state index is -0.677. The summed E-state index contributed by atoms with van der Waals surface area (Å²) in [7, 11) is 0. The highest BCUT2D eigenvalue weighted by molar-refractivity contribution is 6.05. The summed E-state index contributed by atoms with van der Waals surface area (Å²) >= 11 is 0. The predicted octanol–water partition coefficient (Wildman–Crippen LogP) is 0.762. The Morgan fingerprint density at radius 2 is 2.00 bits per heavy atom. The second-order valence-corrected chi connectivity index (χ2v) is 9.05. The van der Waals surface area contributed by atoms with Crippen molar-refractivity contribution in [3.63, 3.8) is 0 Å². The summed E-state index contributed by atoms with van der Waals surface area (Å²) in [5, 5.41) is 13.2. The van der Waals surface area contributed by atoms with Crippen molar-refractivity contribution >= 4 is 23.6 Å². The summed E-state index contributed by atoms with van der Waals surface area (Å²) in [4.78, 5) is 50.9. The minimum absolute atomic E-state index is 0.141. The Balaban J connectivity index is 1.12. The van der Waals surface area contributed by atoms with Gasteiger partial charge in [0.1, 0.15) is 17.9 Å². The Morgan fingerprint density at radius 3 is 2.83 bits per heavy atom. The van der Waals surface area contributed by atoms with E-state index in [2.05, 4.69) is 20.9 Å². The number of ether oxygens (including phenoxy) is 1. The molecule has 1 fully saturated rings. The van der Waals surface area contributed by atoms with E-state index in [1.54, 1.807) is 18.2 Å². The molecule has 0 spiro atoms. The first kappa shape index (κ1) is 22.0. The van der Waals surface area contributed by atoms with Crippen LogP contribution in [0.3, 0.4) is 0 Å². The smallest absolute Gasteiger partial charge is 0.273 e. The number of amides is 4. The van der Waals surface area contributed by atoms with Gasteiger partial charge in [-0.15, -0.1) is 5.10 Å². The first-order valence-corrected chi connectivity index (χ1v) is 11.7. The number of hydrogen-bond donors (Lipinski definition) is 2. The molecule has 0 bridgehead atoms. The molecule has 0 aliphatic carbocycles. The topological polar surface area (TPSA) is 136 Å². The van der Waals surface area contributed by atoms with Gasteiger partial charge in [0.2, 0.25) is 11.8 Å². The number of fused-ring (bicyclic) bond motifs is 2. The zero-order valence-corrected chi connectivity index (χ0v) is 19.1. The molecule has 11 heteroatoms. The van der Waals surface area contributed by atoms with E-state index >= 15 is 0 Å². The van der Waals surface area contributed by atoms with Gasteiger partial charge in [0.15, 0.2) is 5.69 Å². The first-order valence-electron chi connectivity index (χ1n) is 11.7. The lowest BCUT2D eigenvalue weighted by atomic mass is 10.0. The van der Waals surface area contributed by atoms with Gasteiger partial charge in [-0.2, -0.15) is 0 Å². The lowest BCUT2D eigenvalue weighted by Gasteiger charge is -2.29. The molecule has 4 amide bonds. The van der Waals surface area contributed by atoms with Crippen molar-refractivity contribution in [3.05, 3.63) is 71.0 Å². The van der Waals surface area contributed by atoms with Crippen molar-refractivity contribution in [1.82, 2.24) is 30.5 Å². The molecular formula is C25H22N6O5. The fourth-order valence-electron chi connectivity index (χ4n) is 4.84. The van der Waals surface area contributed by atoms with Crippen LogP contribution in [0.25, 0.3) is 5.69 Å². The number of carbonyl (C=O) groups is 4. The van der Waals surface area contributed by atoms with Crippen LogP contribution >= 0.6 is 0 Å². The monoisotopic (exact) mass is 486 g/mol. The normalized spacial score (nSPS) is 20.6. The molecule has 0 radical (unpaired) electrons. The Morgan fingerprint density at radius 1 is 1.14 bits per heavy atom. The number of para-hydroxylation sites is 1. The van der Waals surface area contributed by atoms with Crippen LogP contribution in [-0.2, 0) is 22.6 Å². The number of nitrogens with one attached hydrogen (secondary N) is 2. The fraction of sp³-hybridized carbons (Fsp3) is 0.280. The third kappa shape index (κ3) is 3.88. The quantitative estimate of drug-likeness (QED) is 0.508. The second kappa shape index (κ2) is 8.59. The Hall–Kier alpha value is -4.54. The van der Waals surface area contributed by atoms with Crippen molar-refractivity contribution in [2.24, 2.45) is 0 Å². The van der Waals surface area contributed by atoms with Gasteiger partial charge in [-0.05, 0) is 35.7 Å². The van der Waals surface area contributed by atoms with Gasteiger partial charge in [0.25, 0.3) is 11.8 Å². The van der Waals surface area contributed by atoms with Crippen molar-refractivity contribution in [2.45, 2.75) is 38.0 Å². The number of nitrogens with zero attached hydrogens (tertiary/aromatic N) is 4. The molecule has 2 N–H and O–H groups in total. The Kier molecular flexibility index (Phi) is 5.24. The molecule has 2 unspecified atom stereocenters. The van der Waals surface area contributed by atoms with Gasteiger partial charge in [-0.25, -0.2) is 4.68 Å². The molecule has 1 aromatic heterocycles. The predicted molar refractivity (Wildman–Crippen MR) is 124 cm³/mol. The van der Waals surface area contributed by atoms with E-state index < -0.39 is 11.9 Å². The van der Waals surface area contributed by atoms with Crippen molar-refractivity contribution in [1.29, 1.82) is 0 Å². The van der Waals surface area contributed by atoms with Crippen LogP contribution in [0, 0.1) is 0 Å². The maximum absolute atomic E-state index is 13.1. The average Bonchev–Trinajstić information content (AvgIpc) is 3.60. The van der Waals surface area contributed by atoms with Gasteiger partial charge < -0.3 is 15.0 Å². The van der Waals surface area contributed by atoms with E-state index in [1.165, 1.54) is 15.8 Å². The third-order valence-corrected chi connectivity index (χ3v) is 6.71. The molecule has 36 heavy (non-hydrogen) atoms. The molecule has 2 atom stereocenters. The van der Waals surface area contributed by atoms with E-state index in [0.29, 0.717) is 30.8 Å². The number of imide groups is 1. The highest BCUT2D eigenvalue weighted by Gasteiger charge is 2.39. The third-order valence-electron chi connectivity index (χ3n) is 6.71. The summed E-state index contributed by atoms with van der Waals surface area (Å²) in [6.45, 7) is 0.628. The van der Waals surface area contributed by atoms with Gasteiger partial charge in [0, 0.05) is 24.9 Å². The number of piperidine rings is 1. The molecule has 11 nitrogen and oxygen atoms in total. The van der Waals surface area contributed by atoms with Crippen LogP contribution in [0.5, 0.6) is 5.75 Å². The van der Waals surface area contributed by atoms with Crippen molar-refractivity contribution < 1.29 is 23.9 Å². The SMILES string of the molecule is O=C1CCC(N2Cc3ccc(-n4cc(C(=O)NCC5Cc6ccccc6O5)nn4)cc3C2=O)C(=O)N1. The zero-order chi connectivity index (χ0) is 24.8. The molecule has 0 saturated carbocycles. The molecule has 1 saturated heterocycles. The van der Waals surface area contributed by atoms with Gasteiger partial charge in [0.05, 0.1) is 18.4 Å². The molecule has 3 aliphatic rings. The highest BCUT2D eigenvalue weighted by Crippen LogP contribution is 2.29. The summed E-state index contributed by atoms with van der Waals surface area (Å²) in [5.74, 6) is -0.592. The van der Waals surface area contributed by atoms with Gasteiger partial charge in [-0.3, -0.25) is 24.5 Å². The van der Waals surface area contributed by atoms with Crippen LogP contribution in [0.1, 0.15) is 44.8 Å². The maximum Gasteiger partial charge on any atom is 0.273 e. The van der Waals surface area contributed by atoms with Crippen molar-refractivity contribution in [3.8, 4) is 11.4 Å². The number of aromatic nitrogens is 3. The second-order valence-electron chi connectivity index (χ2n) is 9.05. The van der Waals surface area contributed by atoms with Gasteiger partial charge >= 0.3 is 0 Å². The molecule has 4 heterocycles. The standard InChI is InChI=1S/C25H22N6O5/c32-22-8-7-20(24(34)27-22)30-12-15-5-6-16(10-18(15)25(30)35)31-13-19(28-29-31)23(33)26-11-17-9-14-3-1-2-4-21(14)36-17/h1-6,10,13,17,20H,7-9,11-12H2,(H,26,33)(H,27,32,34). The summed E-state index contributed by atoms with van der Waals surface area (Å²) < 4.78 is 7.28. The number of hydrogen-bond acceptors (Lipinski definition) is 7. The van der Waals surface area contributed by atoms with E-state index in [9.17, 15) is 19.2 Å². The largest absolute Gasteiger partial charge is 0.488 e. The van der Waals surface area contributed by atoms with Crippen LogP contribution in [0.2, 0.25) is 0 Å². The molecule has 6 rings (SSSR count). The minimum Gasteiger partial charge on any atom is -0.488 e. The van der Waals surface area contributed by atoms with Crippen LogP contribution < -0.4 is 15.4 Å². The first-order chi connectivity index (χ1) is 17.5. The lowest BCUT2D eigenvalue weighted by Crippen LogP contribution is -2.52. The van der Waals surface area contributed by atoms with Gasteiger partial charge in [-0.1, -0.05) is 29.5 Å². The van der Waals surface area contributed by atoms with Crippen LogP contribution in [-0.4, -0.2) is 62.2 Å². The highest BCUT2D eigenvalue weighted by atomic mass is 16.5. The average molecular weight is 486 g/mol. The molecular weight excluding hydrogens is 464 g/mol. The molecule has 3 aromatic rings. The van der Waals surface area contributed by atoms with Crippen LogP contribution in [0.15, 0.2) is 48.7 Å². The fourth-order valence-corrected chi connectivity index (χ4v) is 4.84. The summed E-state index contributed by atoms with van der Waals surface area (Å²) in [6.07, 6.45) is 2.58. The summed E-state index contributed by atoms with van der Waals surface area (Å²) in [6, 6.07) is 12.4. The summed E-state index contributed by atoms with van der Waals surface area (Å²) in [5.41, 5.74) is 3.06. The zero-order valence-electron chi connectivity index (χ0n) is 19.1. The van der Waals surface area contributed by atoms with E-state index in [0.717, 1.165) is 23.3 Å². The molecule has 2 aromatic carbocycles. The maximum atomic E-state index is 13.1. The number of benzene rings is 2. The Bertz CT molecular complexity index is 1390. The van der Waals surface area contributed by atoms with Crippen molar-refractivity contribution in [2.75, 3.05) is 6.54 Å². The molecule has 3 aliphatic heterocycles. The number of rotatable bonds is 5.